The Morgan fingerprint density at radius 2 is 2.18 bits per heavy atom. The van der Waals surface area contributed by atoms with E-state index in [-0.39, 0.29) is 18.3 Å². The van der Waals surface area contributed by atoms with Gasteiger partial charge in [0.25, 0.3) is 0 Å². The Kier molecular flexibility index (Phi) is 4.62. The predicted octanol–water partition coefficient (Wildman–Crippen LogP) is 0.880. The minimum Gasteiger partial charge on any atom is -0.381 e. The summed E-state index contributed by atoms with van der Waals surface area (Å²) in [5, 5.41) is 5.04. The van der Waals surface area contributed by atoms with Gasteiger partial charge >= 0.3 is 0 Å². The Morgan fingerprint density at radius 3 is 2.82 bits per heavy atom. The third-order valence-corrected chi connectivity index (χ3v) is 1.95. The average molecular weight is 244 g/mol. The SMILES string of the molecule is CCCNC(=O)CNc1nc(N)c(F)cc1F. The number of carbonyl (C=O) groups is 1. The van der Waals surface area contributed by atoms with Crippen LogP contribution in [0.1, 0.15) is 13.3 Å². The van der Waals surface area contributed by atoms with E-state index in [1.54, 1.807) is 0 Å². The van der Waals surface area contributed by atoms with Crippen LogP contribution in [0.15, 0.2) is 6.07 Å². The summed E-state index contributed by atoms with van der Waals surface area (Å²) >= 11 is 0. The van der Waals surface area contributed by atoms with Gasteiger partial charge < -0.3 is 16.4 Å². The number of nitrogens with zero attached hydrogens (tertiary/aromatic N) is 1. The van der Waals surface area contributed by atoms with E-state index in [1.807, 2.05) is 6.92 Å². The Balaban J connectivity index is 2.57. The van der Waals surface area contributed by atoms with Crippen LogP contribution in [-0.4, -0.2) is 24.0 Å². The number of nitrogens with one attached hydrogen (secondary N) is 2. The molecule has 0 bridgehead atoms. The highest BCUT2D eigenvalue weighted by Crippen LogP contribution is 2.15. The van der Waals surface area contributed by atoms with Crippen LogP contribution in [0.4, 0.5) is 20.4 Å². The van der Waals surface area contributed by atoms with Crippen molar-refractivity contribution in [1.29, 1.82) is 0 Å². The van der Waals surface area contributed by atoms with Crippen LogP contribution >= 0.6 is 0 Å². The highest BCUT2D eigenvalue weighted by molar-refractivity contribution is 5.80. The average Bonchev–Trinajstić information content (AvgIpc) is 2.29. The minimum atomic E-state index is -0.927. The highest BCUT2D eigenvalue weighted by Gasteiger charge is 2.10. The molecule has 17 heavy (non-hydrogen) atoms. The second-order valence-electron chi connectivity index (χ2n) is 3.39. The zero-order valence-electron chi connectivity index (χ0n) is 9.39. The zero-order chi connectivity index (χ0) is 12.8. The molecule has 1 heterocycles. The number of hydrogen-bond donors (Lipinski definition) is 3. The van der Waals surface area contributed by atoms with Gasteiger partial charge in [-0.2, -0.15) is 0 Å². The Morgan fingerprint density at radius 1 is 1.47 bits per heavy atom. The van der Waals surface area contributed by atoms with Crippen molar-refractivity contribution in [3.8, 4) is 0 Å². The maximum absolute atomic E-state index is 13.2. The summed E-state index contributed by atoms with van der Waals surface area (Å²) in [6, 6.07) is 0.620. The smallest absolute Gasteiger partial charge is 0.239 e. The second-order valence-corrected chi connectivity index (χ2v) is 3.39. The lowest BCUT2D eigenvalue weighted by molar-refractivity contribution is -0.119. The fourth-order valence-corrected chi connectivity index (χ4v) is 1.10. The van der Waals surface area contributed by atoms with Crippen LogP contribution in [0.25, 0.3) is 0 Å². The van der Waals surface area contributed by atoms with Gasteiger partial charge in [-0.05, 0) is 6.42 Å². The molecule has 0 aromatic carbocycles. The lowest BCUT2D eigenvalue weighted by Gasteiger charge is -2.08. The molecule has 1 aromatic heterocycles. The van der Waals surface area contributed by atoms with E-state index in [1.165, 1.54) is 0 Å². The molecule has 0 aliphatic heterocycles. The van der Waals surface area contributed by atoms with Crippen molar-refractivity contribution in [2.75, 3.05) is 24.1 Å². The van der Waals surface area contributed by atoms with Crippen LogP contribution in [0.2, 0.25) is 0 Å². The summed E-state index contributed by atoms with van der Waals surface area (Å²) in [6.45, 7) is 2.31. The van der Waals surface area contributed by atoms with Crippen molar-refractivity contribution in [3.05, 3.63) is 17.7 Å². The molecule has 0 fully saturated rings. The topological polar surface area (TPSA) is 80.0 Å². The third kappa shape index (κ3) is 3.86. The van der Waals surface area contributed by atoms with E-state index in [2.05, 4.69) is 15.6 Å². The van der Waals surface area contributed by atoms with Gasteiger partial charge in [-0.15, -0.1) is 0 Å². The first-order chi connectivity index (χ1) is 8.04. The van der Waals surface area contributed by atoms with Gasteiger partial charge in [0.05, 0.1) is 6.54 Å². The van der Waals surface area contributed by atoms with Gasteiger partial charge in [-0.25, -0.2) is 13.8 Å². The molecule has 0 aliphatic carbocycles. The summed E-state index contributed by atoms with van der Waals surface area (Å²) in [7, 11) is 0. The molecule has 5 nitrogen and oxygen atoms in total. The summed E-state index contributed by atoms with van der Waals surface area (Å²) in [5.41, 5.74) is 5.18. The highest BCUT2D eigenvalue weighted by atomic mass is 19.1. The quantitative estimate of drug-likeness (QED) is 0.718. The molecule has 0 radical (unpaired) electrons. The summed E-state index contributed by atoms with van der Waals surface area (Å²) in [4.78, 5) is 14.7. The zero-order valence-corrected chi connectivity index (χ0v) is 9.39. The molecular formula is C10H14F2N4O. The van der Waals surface area contributed by atoms with Crippen molar-refractivity contribution in [2.24, 2.45) is 0 Å². The molecule has 0 spiro atoms. The van der Waals surface area contributed by atoms with E-state index < -0.39 is 17.5 Å². The van der Waals surface area contributed by atoms with E-state index in [9.17, 15) is 13.6 Å². The first-order valence-electron chi connectivity index (χ1n) is 5.16. The Bertz CT molecular complexity index is 412. The molecule has 1 aromatic rings. The van der Waals surface area contributed by atoms with E-state index in [4.69, 9.17) is 5.73 Å². The number of carbonyl (C=O) groups excluding carboxylic acids is 1. The minimum absolute atomic E-state index is 0.144. The Hall–Kier alpha value is -1.92. The number of nitrogen functional groups attached to an aromatic ring is 1. The molecule has 0 saturated carbocycles. The maximum atomic E-state index is 13.2. The van der Waals surface area contributed by atoms with Crippen molar-refractivity contribution in [2.45, 2.75) is 13.3 Å². The van der Waals surface area contributed by atoms with Crippen molar-refractivity contribution in [1.82, 2.24) is 10.3 Å². The molecule has 4 N–H and O–H groups in total. The van der Waals surface area contributed by atoms with Crippen LogP contribution in [0.5, 0.6) is 0 Å². The number of amides is 1. The Labute approximate surface area is 97.4 Å². The molecule has 0 aliphatic rings. The number of nitrogens with two attached hydrogens (primary N) is 1. The molecule has 94 valence electrons. The van der Waals surface area contributed by atoms with Crippen molar-refractivity contribution in [3.63, 3.8) is 0 Å². The lowest BCUT2D eigenvalue weighted by atomic mass is 10.4. The molecule has 0 atom stereocenters. The molecule has 1 amide bonds. The lowest BCUT2D eigenvalue weighted by Crippen LogP contribution is -2.30. The normalized spacial score (nSPS) is 10.1. The summed E-state index contributed by atoms with van der Waals surface area (Å²) in [6.07, 6.45) is 0.807. The van der Waals surface area contributed by atoms with E-state index in [0.29, 0.717) is 12.6 Å². The van der Waals surface area contributed by atoms with Crippen LogP contribution in [0.3, 0.4) is 0 Å². The first kappa shape index (κ1) is 13.1. The largest absolute Gasteiger partial charge is 0.381 e. The fourth-order valence-electron chi connectivity index (χ4n) is 1.10. The number of anilines is 2. The second kappa shape index (κ2) is 5.97. The molecular weight excluding hydrogens is 230 g/mol. The third-order valence-electron chi connectivity index (χ3n) is 1.95. The molecule has 1 rings (SSSR count). The first-order valence-corrected chi connectivity index (χ1v) is 5.16. The molecule has 7 heteroatoms. The van der Waals surface area contributed by atoms with E-state index >= 15 is 0 Å². The number of pyridine rings is 1. The van der Waals surface area contributed by atoms with Crippen LogP contribution in [-0.2, 0) is 4.79 Å². The summed E-state index contributed by atoms with van der Waals surface area (Å²) in [5.74, 6) is -2.77. The monoisotopic (exact) mass is 244 g/mol. The van der Waals surface area contributed by atoms with Crippen LogP contribution < -0.4 is 16.4 Å². The predicted molar refractivity (Wildman–Crippen MR) is 60.4 cm³/mol. The van der Waals surface area contributed by atoms with Crippen LogP contribution in [0, 0.1) is 11.6 Å². The van der Waals surface area contributed by atoms with Gasteiger partial charge in [-0.1, -0.05) is 6.92 Å². The number of halogens is 2. The van der Waals surface area contributed by atoms with Gasteiger partial charge in [0, 0.05) is 12.6 Å². The van der Waals surface area contributed by atoms with E-state index in [0.717, 1.165) is 6.42 Å². The van der Waals surface area contributed by atoms with Crippen molar-refractivity contribution < 1.29 is 13.6 Å². The molecule has 0 unspecified atom stereocenters. The number of hydrogen-bond acceptors (Lipinski definition) is 4. The number of aromatic nitrogens is 1. The standard InChI is InChI=1S/C10H14F2N4O/c1-2-3-14-8(17)5-15-10-7(12)4-6(11)9(13)16-10/h4H,2-3,5H2,1H3,(H,14,17)(H3,13,15,16). The number of rotatable bonds is 5. The van der Waals surface area contributed by atoms with Gasteiger partial charge in [0.1, 0.15) is 0 Å². The summed E-state index contributed by atoms with van der Waals surface area (Å²) < 4.78 is 26.0. The van der Waals surface area contributed by atoms with Gasteiger partial charge in [0.2, 0.25) is 5.91 Å². The fraction of sp³-hybridized carbons (Fsp3) is 0.400. The van der Waals surface area contributed by atoms with Gasteiger partial charge in [0.15, 0.2) is 23.3 Å². The maximum Gasteiger partial charge on any atom is 0.239 e. The van der Waals surface area contributed by atoms with Crippen molar-refractivity contribution >= 4 is 17.5 Å². The van der Waals surface area contributed by atoms with Gasteiger partial charge in [-0.3, -0.25) is 4.79 Å². The molecule has 0 saturated heterocycles.